The summed E-state index contributed by atoms with van der Waals surface area (Å²) in [5.74, 6) is 1.69. The van der Waals surface area contributed by atoms with Crippen LogP contribution in [0.1, 0.15) is 43.0 Å². The highest BCUT2D eigenvalue weighted by Gasteiger charge is 2.29. The molecule has 8 nitrogen and oxygen atoms in total. The largest absolute Gasteiger partial charge is 0.494 e. The molecule has 0 radical (unpaired) electrons. The molecule has 2 N–H and O–H groups in total. The number of halogens is 2. The predicted molar refractivity (Wildman–Crippen MR) is 148 cm³/mol. The molecule has 2 aromatic heterocycles. The van der Waals surface area contributed by atoms with Gasteiger partial charge in [-0.25, -0.2) is 15.0 Å². The number of aromatic nitrogens is 4. The number of anilines is 1. The van der Waals surface area contributed by atoms with E-state index >= 15 is 0 Å². The second-order valence-electron chi connectivity index (χ2n) is 8.66. The minimum Gasteiger partial charge on any atom is -0.494 e. The van der Waals surface area contributed by atoms with Gasteiger partial charge in [0, 0.05) is 29.9 Å². The molecule has 37 heavy (non-hydrogen) atoms. The van der Waals surface area contributed by atoms with Gasteiger partial charge in [-0.05, 0) is 56.0 Å². The highest BCUT2D eigenvalue weighted by atomic mass is 35.5. The van der Waals surface area contributed by atoms with E-state index in [4.69, 9.17) is 38.1 Å². The first-order chi connectivity index (χ1) is 17.9. The van der Waals surface area contributed by atoms with E-state index in [0.29, 0.717) is 43.0 Å². The molecule has 3 aromatic rings. The Morgan fingerprint density at radius 2 is 1.95 bits per heavy atom. The number of rotatable bonds is 12. The van der Waals surface area contributed by atoms with Crippen LogP contribution in [0.15, 0.2) is 60.8 Å². The molecule has 2 heterocycles. The Labute approximate surface area is 226 Å². The van der Waals surface area contributed by atoms with Gasteiger partial charge in [0.15, 0.2) is 0 Å². The van der Waals surface area contributed by atoms with Crippen molar-refractivity contribution in [1.29, 1.82) is 5.41 Å². The average Bonchev–Trinajstić information content (AvgIpc) is 3.50. The second kappa shape index (κ2) is 12.9. The third-order valence-corrected chi connectivity index (χ3v) is 6.36. The van der Waals surface area contributed by atoms with E-state index < -0.39 is 0 Å². The van der Waals surface area contributed by atoms with Crippen molar-refractivity contribution in [2.24, 2.45) is 0 Å². The van der Waals surface area contributed by atoms with E-state index in [1.54, 1.807) is 36.2 Å². The SMILES string of the molecule is CC(=N)/C=C\C(=C(C)OCCOCCNc1nc(Cl)nc2c1CCC2c1ccccc1)n1cnc(Cl)c1. The van der Waals surface area contributed by atoms with Crippen molar-refractivity contribution >= 4 is 40.4 Å². The summed E-state index contributed by atoms with van der Waals surface area (Å²) in [5.41, 5.74) is 4.56. The molecular weight excluding hydrogens is 511 g/mol. The quantitative estimate of drug-likeness (QED) is 0.0962. The van der Waals surface area contributed by atoms with Crippen LogP contribution in [-0.4, -0.2) is 51.6 Å². The average molecular weight is 541 g/mol. The van der Waals surface area contributed by atoms with Gasteiger partial charge in [-0.3, -0.25) is 0 Å². The summed E-state index contributed by atoms with van der Waals surface area (Å²) in [7, 11) is 0. The minimum absolute atomic E-state index is 0.239. The highest BCUT2D eigenvalue weighted by Crippen LogP contribution is 2.39. The Balaban J connectivity index is 1.27. The molecule has 1 atom stereocenters. The molecule has 0 aliphatic heterocycles. The lowest BCUT2D eigenvalue weighted by atomic mass is 9.97. The van der Waals surface area contributed by atoms with Gasteiger partial charge < -0.3 is 24.8 Å². The zero-order valence-electron chi connectivity index (χ0n) is 20.9. The van der Waals surface area contributed by atoms with Crippen molar-refractivity contribution in [1.82, 2.24) is 19.5 Å². The van der Waals surface area contributed by atoms with Crippen LogP contribution in [0.4, 0.5) is 5.82 Å². The van der Waals surface area contributed by atoms with Crippen molar-refractivity contribution in [2.75, 3.05) is 31.7 Å². The lowest BCUT2D eigenvalue weighted by Gasteiger charge is -2.14. The van der Waals surface area contributed by atoms with Gasteiger partial charge in [0.05, 0.1) is 24.6 Å². The van der Waals surface area contributed by atoms with Crippen LogP contribution in [0.25, 0.3) is 5.70 Å². The Hall–Kier alpha value is -3.20. The van der Waals surface area contributed by atoms with Gasteiger partial charge in [0.2, 0.25) is 5.28 Å². The van der Waals surface area contributed by atoms with E-state index in [9.17, 15) is 0 Å². The van der Waals surface area contributed by atoms with Crippen LogP contribution in [0, 0.1) is 5.41 Å². The number of fused-ring (bicyclic) bond motifs is 1. The fourth-order valence-electron chi connectivity index (χ4n) is 4.28. The number of ether oxygens (including phenoxy) is 2. The number of benzene rings is 1. The van der Waals surface area contributed by atoms with Crippen molar-refractivity contribution in [3.63, 3.8) is 0 Å². The number of nitrogens with zero attached hydrogens (tertiary/aromatic N) is 4. The van der Waals surface area contributed by atoms with Crippen LogP contribution in [0.5, 0.6) is 0 Å². The zero-order chi connectivity index (χ0) is 26.2. The Kier molecular flexibility index (Phi) is 9.33. The maximum absolute atomic E-state index is 7.65. The summed E-state index contributed by atoms with van der Waals surface area (Å²) in [6, 6.07) is 10.4. The van der Waals surface area contributed by atoms with Crippen LogP contribution in [0.2, 0.25) is 10.4 Å². The Morgan fingerprint density at radius 1 is 1.14 bits per heavy atom. The van der Waals surface area contributed by atoms with Crippen molar-refractivity contribution in [3.05, 3.63) is 88.0 Å². The fraction of sp³-hybridized carbons (Fsp3) is 0.333. The van der Waals surface area contributed by atoms with Gasteiger partial charge in [-0.1, -0.05) is 41.9 Å². The van der Waals surface area contributed by atoms with Gasteiger partial charge in [0.1, 0.15) is 29.7 Å². The molecule has 0 amide bonds. The van der Waals surface area contributed by atoms with E-state index in [0.717, 1.165) is 35.6 Å². The molecule has 1 aromatic carbocycles. The van der Waals surface area contributed by atoms with Gasteiger partial charge in [-0.2, -0.15) is 0 Å². The number of hydrogen-bond donors (Lipinski definition) is 2. The summed E-state index contributed by atoms with van der Waals surface area (Å²) in [5, 5.41) is 11.6. The van der Waals surface area contributed by atoms with Crippen LogP contribution in [0.3, 0.4) is 0 Å². The van der Waals surface area contributed by atoms with E-state index in [-0.39, 0.29) is 11.2 Å². The maximum Gasteiger partial charge on any atom is 0.224 e. The molecular formula is C27H30Cl2N6O2. The number of imidazole rings is 1. The lowest BCUT2D eigenvalue weighted by Crippen LogP contribution is -2.15. The van der Waals surface area contributed by atoms with Gasteiger partial charge >= 0.3 is 0 Å². The maximum atomic E-state index is 7.65. The van der Waals surface area contributed by atoms with E-state index in [1.807, 2.05) is 13.0 Å². The molecule has 10 heteroatoms. The standard InChI is InChI=1S/C27H30Cl2N6O2/c1-18(30)8-11-23(35-16-24(28)32-17-35)19(2)37-15-14-36-13-12-31-26-22-10-9-21(20-6-4-3-5-7-20)25(22)33-27(29)34-26/h3-8,11,16-17,21,30H,9-10,12-15H2,1-2H3,(H,31,33,34)/b11-8-,23-19?,30-18?. The van der Waals surface area contributed by atoms with Crippen molar-refractivity contribution < 1.29 is 9.47 Å². The molecule has 0 saturated carbocycles. The molecule has 194 valence electrons. The molecule has 4 rings (SSSR count). The summed E-state index contributed by atoms with van der Waals surface area (Å²) in [4.78, 5) is 13.0. The first kappa shape index (κ1) is 26.9. The molecule has 1 aliphatic rings. The Bertz CT molecular complexity index is 1290. The van der Waals surface area contributed by atoms with Crippen molar-refractivity contribution in [2.45, 2.75) is 32.6 Å². The molecule has 0 saturated heterocycles. The number of allylic oxidation sites excluding steroid dienone is 4. The van der Waals surface area contributed by atoms with Gasteiger partial charge in [-0.15, -0.1) is 0 Å². The summed E-state index contributed by atoms with van der Waals surface area (Å²) < 4.78 is 13.4. The summed E-state index contributed by atoms with van der Waals surface area (Å²) in [6.07, 6.45) is 8.68. The molecule has 0 spiro atoms. The molecule has 1 aliphatic carbocycles. The summed E-state index contributed by atoms with van der Waals surface area (Å²) >= 11 is 12.2. The zero-order valence-corrected chi connectivity index (χ0v) is 22.4. The second-order valence-corrected chi connectivity index (χ2v) is 9.38. The summed E-state index contributed by atoms with van der Waals surface area (Å²) in [6.45, 7) is 5.44. The highest BCUT2D eigenvalue weighted by molar-refractivity contribution is 6.29. The fourth-order valence-corrected chi connectivity index (χ4v) is 4.60. The van der Waals surface area contributed by atoms with Crippen LogP contribution < -0.4 is 5.32 Å². The third-order valence-electron chi connectivity index (χ3n) is 5.99. The van der Waals surface area contributed by atoms with Crippen molar-refractivity contribution in [3.8, 4) is 0 Å². The minimum atomic E-state index is 0.239. The lowest BCUT2D eigenvalue weighted by molar-refractivity contribution is 0.0820. The monoisotopic (exact) mass is 540 g/mol. The van der Waals surface area contributed by atoms with Gasteiger partial charge in [0.25, 0.3) is 0 Å². The first-order valence-electron chi connectivity index (χ1n) is 12.1. The number of nitrogens with one attached hydrogen (secondary N) is 2. The van der Waals surface area contributed by atoms with Crippen LogP contribution in [-0.2, 0) is 15.9 Å². The van der Waals surface area contributed by atoms with E-state index in [2.05, 4.69) is 44.5 Å². The van der Waals surface area contributed by atoms with Crippen LogP contribution >= 0.6 is 23.2 Å². The number of hydrogen-bond acceptors (Lipinski definition) is 7. The van der Waals surface area contributed by atoms with E-state index in [1.165, 1.54) is 5.56 Å². The molecule has 1 unspecified atom stereocenters. The smallest absolute Gasteiger partial charge is 0.224 e. The molecule has 0 bridgehead atoms. The first-order valence-corrected chi connectivity index (χ1v) is 12.9. The third kappa shape index (κ3) is 7.19. The Morgan fingerprint density at radius 3 is 2.68 bits per heavy atom. The topological polar surface area (TPSA) is 97.9 Å². The normalized spacial score (nSPS) is 15.5. The molecule has 0 fully saturated rings. The predicted octanol–water partition coefficient (Wildman–Crippen LogP) is 5.99.